The van der Waals surface area contributed by atoms with Gasteiger partial charge in [-0.1, -0.05) is 0 Å². The second-order valence-electron chi connectivity index (χ2n) is 1.76. The molecular formula is C6H10Na4O6. The number of rotatable bonds is 0. The molecule has 0 aliphatic rings. The molecule has 0 aliphatic carbocycles. The zero-order valence-electron chi connectivity index (χ0n) is 14.4. The van der Waals surface area contributed by atoms with Gasteiger partial charge in [-0.3, -0.25) is 9.59 Å². The Morgan fingerprint density at radius 3 is 1.00 bits per heavy atom. The van der Waals surface area contributed by atoms with Gasteiger partial charge in [-0.15, -0.1) is 0 Å². The Kier molecular flexibility index (Phi) is 33.4. The number of hydrogen-bond donors (Lipinski definition) is 0. The van der Waals surface area contributed by atoms with Crippen LogP contribution in [-0.4, -0.2) is 23.9 Å². The van der Waals surface area contributed by atoms with Crippen molar-refractivity contribution < 1.29 is 153 Å². The predicted octanol–water partition coefficient (Wildman–Crippen LogP) is -12.4. The molecule has 0 spiro atoms. The van der Waals surface area contributed by atoms with Crippen molar-refractivity contribution in [1.82, 2.24) is 0 Å². The van der Waals surface area contributed by atoms with E-state index in [-0.39, 0.29) is 124 Å². The van der Waals surface area contributed by atoms with Crippen LogP contribution in [0.25, 0.3) is 0 Å². The number of carbonyl (C=O) groups is 4. The summed E-state index contributed by atoms with van der Waals surface area (Å²) < 4.78 is 7.62. The van der Waals surface area contributed by atoms with E-state index in [4.69, 9.17) is 0 Å². The Hall–Kier alpha value is 2.28. The minimum Gasteiger partial charge on any atom is -1.00 e. The minimum absolute atomic E-state index is 0. The Bertz CT molecular complexity index is 242. The van der Waals surface area contributed by atoms with Crippen molar-refractivity contribution in [1.29, 1.82) is 0 Å². The van der Waals surface area contributed by atoms with Gasteiger partial charge in [-0.2, -0.15) is 0 Å². The van der Waals surface area contributed by atoms with Crippen molar-refractivity contribution in [2.24, 2.45) is 0 Å². The molecule has 10 heteroatoms. The Labute approximate surface area is 187 Å². The summed E-state index contributed by atoms with van der Waals surface area (Å²) >= 11 is 0. The average Bonchev–Trinajstić information content (AvgIpc) is 1.84. The van der Waals surface area contributed by atoms with Crippen LogP contribution in [-0.2, 0) is 28.7 Å². The summed E-state index contributed by atoms with van der Waals surface area (Å²) in [5.74, 6) is -4.89. The third kappa shape index (κ3) is 18.6. The molecule has 0 atom stereocenters. The van der Waals surface area contributed by atoms with E-state index in [1.165, 1.54) is 0 Å². The molecule has 0 fully saturated rings. The largest absolute Gasteiger partial charge is 1.00 e. The summed E-state index contributed by atoms with van der Waals surface area (Å²) in [5.41, 5.74) is 0. The van der Waals surface area contributed by atoms with Crippen LogP contribution in [0.5, 0.6) is 0 Å². The molecule has 16 heavy (non-hydrogen) atoms. The number of esters is 4. The summed E-state index contributed by atoms with van der Waals surface area (Å²) in [6.07, 6.45) is 0. The summed E-state index contributed by atoms with van der Waals surface area (Å²) in [6.45, 7) is 1.89. The maximum atomic E-state index is 10.4. The van der Waals surface area contributed by atoms with Gasteiger partial charge in [0.25, 0.3) is 0 Å². The first-order chi connectivity index (χ1) is 5.43. The SMILES string of the molecule is CC(=O)OC(=O)C(=O)OC(C)=O.[H-].[H-].[H-].[H-].[Na+].[Na+].[Na+].[Na+]. The molecule has 0 amide bonds. The summed E-state index contributed by atoms with van der Waals surface area (Å²) in [7, 11) is 0. The normalized spacial score (nSPS) is 6.38. The fraction of sp³-hybridized carbons (Fsp3) is 0.333. The zero-order valence-corrected chi connectivity index (χ0v) is 18.4. The van der Waals surface area contributed by atoms with Crippen LogP contribution in [0.2, 0.25) is 0 Å². The summed E-state index contributed by atoms with van der Waals surface area (Å²) in [5, 5.41) is 0. The Morgan fingerprint density at radius 2 is 0.875 bits per heavy atom. The summed E-state index contributed by atoms with van der Waals surface area (Å²) in [4.78, 5) is 41.1. The van der Waals surface area contributed by atoms with Gasteiger partial charge in [0.05, 0.1) is 0 Å². The van der Waals surface area contributed by atoms with Gasteiger partial charge in [-0.25, -0.2) is 9.59 Å². The molecule has 0 N–H and O–H groups in total. The van der Waals surface area contributed by atoms with Gasteiger partial charge in [-0.05, 0) is 0 Å². The molecule has 0 aromatic rings. The van der Waals surface area contributed by atoms with Crippen LogP contribution < -0.4 is 118 Å². The van der Waals surface area contributed by atoms with Crippen LogP contribution in [0.4, 0.5) is 0 Å². The number of carbonyl (C=O) groups excluding carboxylic acids is 4. The predicted molar refractivity (Wildman–Crippen MR) is 38.0 cm³/mol. The van der Waals surface area contributed by atoms with E-state index in [1.54, 1.807) is 0 Å². The molecule has 0 unspecified atom stereocenters. The van der Waals surface area contributed by atoms with Crippen molar-refractivity contribution in [2.75, 3.05) is 0 Å². The van der Waals surface area contributed by atoms with E-state index in [9.17, 15) is 19.2 Å². The Morgan fingerprint density at radius 1 is 0.688 bits per heavy atom. The van der Waals surface area contributed by atoms with Crippen LogP contribution in [0.3, 0.4) is 0 Å². The second-order valence-corrected chi connectivity index (χ2v) is 1.76. The molecule has 0 aromatic heterocycles. The van der Waals surface area contributed by atoms with E-state index >= 15 is 0 Å². The fourth-order valence-electron chi connectivity index (χ4n) is 0.344. The molecule has 0 heterocycles. The summed E-state index contributed by atoms with van der Waals surface area (Å²) in [6, 6.07) is 0. The maximum absolute atomic E-state index is 10.4. The van der Waals surface area contributed by atoms with Crippen molar-refractivity contribution in [3.63, 3.8) is 0 Å². The van der Waals surface area contributed by atoms with Gasteiger partial charge in [0, 0.05) is 13.8 Å². The van der Waals surface area contributed by atoms with E-state index in [0.29, 0.717) is 0 Å². The standard InChI is InChI=1S/C6H6O6.4Na.4H/c1-3(7)11-5(9)6(10)12-4(2)8;;;;;;;;/h1-2H3;;;;;;;;/q;4*+1;4*-1. The van der Waals surface area contributed by atoms with Crippen LogP contribution in [0.1, 0.15) is 19.6 Å². The van der Waals surface area contributed by atoms with Gasteiger partial charge in [0.2, 0.25) is 0 Å². The molecule has 74 valence electrons. The first kappa shape index (κ1) is 31.0. The van der Waals surface area contributed by atoms with Crippen molar-refractivity contribution in [3.8, 4) is 0 Å². The van der Waals surface area contributed by atoms with Crippen molar-refractivity contribution >= 4 is 23.9 Å². The molecule has 0 bridgehead atoms. The molecule has 0 saturated carbocycles. The average molecular weight is 270 g/mol. The van der Waals surface area contributed by atoms with E-state index in [0.717, 1.165) is 13.8 Å². The second kappa shape index (κ2) is 17.3. The van der Waals surface area contributed by atoms with Crippen LogP contribution in [0, 0.1) is 0 Å². The van der Waals surface area contributed by atoms with Gasteiger partial charge < -0.3 is 15.2 Å². The minimum atomic E-state index is -1.50. The third-order valence-electron chi connectivity index (χ3n) is 0.640. The van der Waals surface area contributed by atoms with E-state index in [1.807, 2.05) is 0 Å². The molecule has 0 saturated heterocycles. The third-order valence-corrected chi connectivity index (χ3v) is 0.640. The molecule has 6 nitrogen and oxygen atoms in total. The molecule has 0 aromatic carbocycles. The van der Waals surface area contributed by atoms with Crippen molar-refractivity contribution in [2.45, 2.75) is 13.8 Å². The van der Waals surface area contributed by atoms with Gasteiger partial charge in [0.1, 0.15) is 0 Å². The smallest absolute Gasteiger partial charge is 1.00 e. The fourth-order valence-corrected chi connectivity index (χ4v) is 0.344. The van der Waals surface area contributed by atoms with E-state index in [2.05, 4.69) is 9.47 Å². The molecule has 0 aliphatic heterocycles. The van der Waals surface area contributed by atoms with Gasteiger partial charge >= 0.3 is 142 Å². The van der Waals surface area contributed by atoms with Crippen LogP contribution in [0.15, 0.2) is 0 Å². The van der Waals surface area contributed by atoms with Crippen molar-refractivity contribution in [3.05, 3.63) is 0 Å². The number of hydrogen-bond acceptors (Lipinski definition) is 6. The first-order valence-electron chi connectivity index (χ1n) is 2.88. The molecular weight excluding hydrogens is 260 g/mol. The molecule has 0 rings (SSSR count). The monoisotopic (exact) mass is 270 g/mol. The Balaban J connectivity index is -0.0000000216. The maximum Gasteiger partial charge on any atom is 1.00 e. The zero-order chi connectivity index (χ0) is 9.72. The quantitative estimate of drug-likeness (QED) is 0.188. The number of ether oxygens (including phenoxy) is 2. The van der Waals surface area contributed by atoms with Gasteiger partial charge in [0.15, 0.2) is 0 Å². The topological polar surface area (TPSA) is 86.7 Å². The first-order valence-corrected chi connectivity index (χ1v) is 2.88. The molecule has 0 radical (unpaired) electrons. The van der Waals surface area contributed by atoms with E-state index < -0.39 is 23.9 Å². The van der Waals surface area contributed by atoms with Crippen LogP contribution >= 0.6 is 0 Å².